The lowest BCUT2D eigenvalue weighted by Crippen LogP contribution is -2.57. The Bertz CT molecular complexity index is 350. The second-order valence-electron chi connectivity index (χ2n) is 4.93. The van der Waals surface area contributed by atoms with Gasteiger partial charge in [0.05, 0.1) is 7.11 Å². The average molecular weight is 219 g/mol. The van der Waals surface area contributed by atoms with E-state index in [1.165, 1.54) is 31.5 Å². The molecule has 1 heterocycles. The Morgan fingerprint density at radius 1 is 1.38 bits per heavy atom. The van der Waals surface area contributed by atoms with Crippen molar-refractivity contribution < 1.29 is 4.74 Å². The van der Waals surface area contributed by atoms with Crippen LogP contribution in [0.15, 0.2) is 24.3 Å². The first-order chi connectivity index (χ1) is 7.70. The van der Waals surface area contributed by atoms with E-state index in [2.05, 4.69) is 37.1 Å². The Balaban J connectivity index is 2.25. The standard InChI is InChI=1S/C14H21NO/c1-4-8-14(10-15(2)11-14)12-6-5-7-13(9-12)16-3/h5-7,9H,4,8,10-11H2,1-3H3. The minimum atomic E-state index is 0.373. The van der Waals surface area contributed by atoms with E-state index >= 15 is 0 Å². The van der Waals surface area contributed by atoms with Crippen LogP contribution >= 0.6 is 0 Å². The van der Waals surface area contributed by atoms with Crippen LogP contribution in [-0.2, 0) is 5.41 Å². The molecule has 0 N–H and O–H groups in total. The molecule has 1 aromatic carbocycles. The highest BCUT2D eigenvalue weighted by Crippen LogP contribution is 2.38. The molecule has 2 nitrogen and oxygen atoms in total. The van der Waals surface area contributed by atoms with Crippen LogP contribution in [-0.4, -0.2) is 32.1 Å². The molecule has 1 fully saturated rings. The number of hydrogen-bond donors (Lipinski definition) is 0. The summed E-state index contributed by atoms with van der Waals surface area (Å²) in [6.45, 7) is 4.61. The topological polar surface area (TPSA) is 12.5 Å². The highest BCUT2D eigenvalue weighted by Gasteiger charge is 2.41. The van der Waals surface area contributed by atoms with Crippen LogP contribution in [0.2, 0.25) is 0 Å². The van der Waals surface area contributed by atoms with Gasteiger partial charge in [-0.25, -0.2) is 0 Å². The van der Waals surface area contributed by atoms with Gasteiger partial charge >= 0.3 is 0 Å². The second-order valence-corrected chi connectivity index (χ2v) is 4.93. The Hall–Kier alpha value is -1.02. The number of nitrogens with zero attached hydrogens (tertiary/aromatic N) is 1. The van der Waals surface area contributed by atoms with Gasteiger partial charge in [0.25, 0.3) is 0 Å². The van der Waals surface area contributed by atoms with Crippen molar-refractivity contribution in [2.75, 3.05) is 27.2 Å². The van der Waals surface area contributed by atoms with E-state index in [0.717, 1.165) is 5.75 Å². The van der Waals surface area contributed by atoms with Gasteiger partial charge in [0.15, 0.2) is 0 Å². The molecule has 2 rings (SSSR count). The summed E-state index contributed by atoms with van der Waals surface area (Å²) in [5, 5.41) is 0. The SMILES string of the molecule is CCCC1(c2cccc(OC)c2)CN(C)C1. The number of likely N-dealkylation sites (tertiary alicyclic amines) is 1. The molecule has 16 heavy (non-hydrogen) atoms. The van der Waals surface area contributed by atoms with Gasteiger partial charge < -0.3 is 9.64 Å². The van der Waals surface area contributed by atoms with Gasteiger partial charge in [-0.2, -0.15) is 0 Å². The van der Waals surface area contributed by atoms with Crippen molar-refractivity contribution in [2.45, 2.75) is 25.2 Å². The van der Waals surface area contributed by atoms with Crippen LogP contribution < -0.4 is 4.74 Å². The normalized spacial score (nSPS) is 19.2. The minimum absolute atomic E-state index is 0.373. The fourth-order valence-corrected chi connectivity index (χ4v) is 2.90. The smallest absolute Gasteiger partial charge is 0.119 e. The maximum atomic E-state index is 5.31. The second kappa shape index (κ2) is 4.46. The highest BCUT2D eigenvalue weighted by atomic mass is 16.5. The first-order valence-electron chi connectivity index (χ1n) is 6.03. The fourth-order valence-electron chi connectivity index (χ4n) is 2.90. The number of hydrogen-bond acceptors (Lipinski definition) is 2. The Morgan fingerprint density at radius 2 is 2.12 bits per heavy atom. The molecule has 0 radical (unpaired) electrons. The maximum absolute atomic E-state index is 5.31. The third-order valence-electron chi connectivity index (χ3n) is 3.56. The summed E-state index contributed by atoms with van der Waals surface area (Å²) < 4.78 is 5.31. The molecule has 0 aromatic heterocycles. The van der Waals surface area contributed by atoms with Crippen LogP contribution in [0.25, 0.3) is 0 Å². The average Bonchev–Trinajstić information content (AvgIpc) is 2.27. The zero-order valence-corrected chi connectivity index (χ0v) is 10.5. The van der Waals surface area contributed by atoms with Gasteiger partial charge in [0, 0.05) is 18.5 Å². The van der Waals surface area contributed by atoms with E-state index in [9.17, 15) is 0 Å². The lowest BCUT2D eigenvalue weighted by molar-refractivity contribution is 0.0845. The summed E-state index contributed by atoms with van der Waals surface area (Å²) in [5.74, 6) is 0.975. The predicted octanol–water partition coefficient (Wildman–Crippen LogP) is 2.68. The van der Waals surface area contributed by atoms with Crippen LogP contribution in [0.1, 0.15) is 25.3 Å². The van der Waals surface area contributed by atoms with Crippen molar-refractivity contribution in [3.05, 3.63) is 29.8 Å². The lowest BCUT2D eigenvalue weighted by Gasteiger charge is -2.49. The number of rotatable bonds is 4. The van der Waals surface area contributed by atoms with Crippen molar-refractivity contribution in [3.8, 4) is 5.75 Å². The van der Waals surface area contributed by atoms with Crippen LogP contribution in [0, 0.1) is 0 Å². The van der Waals surface area contributed by atoms with Gasteiger partial charge in [-0.1, -0.05) is 25.5 Å². The molecule has 0 aliphatic carbocycles. The minimum Gasteiger partial charge on any atom is -0.497 e. The summed E-state index contributed by atoms with van der Waals surface area (Å²) in [6.07, 6.45) is 2.51. The number of likely N-dealkylation sites (N-methyl/N-ethyl adjacent to an activating group) is 1. The molecule has 0 saturated carbocycles. The third kappa shape index (κ3) is 1.94. The summed E-state index contributed by atoms with van der Waals surface area (Å²) in [6, 6.07) is 8.56. The van der Waals surface area contributed by atoms with Gasteiger partial charge in [-0.15, -0.1) is 0 Å². The molecule has 0 atom stereocenters. The van der Waals surface area contributed by atoms with E-state index in [-0.39, 0.29) is 0 Å². The van der Waals surface area contributed by atoms with E-state index in [0.29, 0.717) is 5.41 Å². The summed E-state index contributed by atoms with van der Waals surface area (Å²) in [4.78, 5) is 2.38. The molecule has 1 saturated heterocycles. The van der Waals surface area contributed by atoms with Crippen molar-refractivity contribution in [1.82, 2.24) is 4.90 Å². The molecule has 1 aromatic rings. The lowest BCUT2D eigenvalue weighted by atomic mass is 9.71. The maximum Gasteiger partial charge on any atom is 0.119 e. The molecular formula is C14H21NO. The number of methoxy groups -OCH3 is 1. The van der Waals surface area contributed by atoms with Crippen molar-refractivity contribution in [1.29, 1.82) is 0 Å². The van der Waals surface area contributed by atoms with Crippen molar-refractivity contribution in [2.24, 2.45) is 0 Å². The Labute approximate surface area is 98.2 Å². The predicted molar refractivity (Wildman–Crippen MR) is 67.1 cm³/mol. The first kappa shape index (κ1) is 11.5. The number of ether oxygens (including phenoxy) is 1. The van der Waals surface area contributed by atoms with Crippen LogP contribution in [0.3, 0.4) is 0 Å². The summed E-state index contributed by atoms with van der Waals surface area (Å²) >= 11 is 0. The monoisotopic (exact) mass is 219 g/mol. The molecule has 0 amide bonds. The summed E-state index contributed by atoms with van der Waals surface area (Å²) in [5.41, 5.74) is 1.81. The molecule has 0 unspecified atom stereocenters. The molecule has 88 valence electrons. The van der Waals surface area contributed by atoms with E-state index < -0.39 is 0 Å². The van der Waals surface area contributed by atoms with Crippen molar-refractivity contribution >= 4 is 0 Å². The third-order valence-corrected chi connectivity index (χ3v) is 3.56. The summed E-state index contributed by atoms with van der Waals surface area (Å²) in [7, 11) is 3.92. The molecule has 1 aliphatic heterocycles. The van der Waals surface area contributed by atoms with E-state index in [4.69, 9.17) is 4.74 Å². The fraction of sp³-hybridized carbons (Fsp3) is 0.571. The van der Waals surface area contributed by atoms with Crippen LogP contribution in [0.5, 0.6) is 5.75 Å². The highest BCUT2D eigenvalue weighted by molar-refractivity contribution is 5.36. The van der Waals surface area contributed by atoms with E-state index in [1.54, 1.807) is 7.11 Å². The molecule has 1 aliphatic rings. The van der Waals surface area contributed by atoms with Crippen LogP contribution in [0.4, 0.5) is 0 Å². The molecule has 0 bridgehead atoms. The van der Waals surface area contributed by atoms with Gasteiger partial charge in [-0.05, 0) is 31.2 Å². The van der Waals surface area contributed by atoms with Gasteiger partial charge in [0.2, 0.25) is 0 Å². The zero-order chi connectivity index (χ0) is 11.6. The Morgan fingerprint density at radius 3 is 2.69 bits per heavy atom. The van der Waals surface area contributed by atoms with Gasteiger partial charge in [-0.3, -0.25) is 0 Å². The number of benzene rings is 1. The largest absolute Gasteiger partial charge is 0.497 e. The Kier molecular flexibility index (Phi) is 3.20. The van der Waals surface area contributed by atoms with Gasteiger partial charge in [0.1, 0.15) is 5.75 Å². The van der Waals surface area contributed by atoms with E-state index in [1.807, 2.05) is 6.07 Å². The van der Waals surface area contributed by atoms with Crippen molar-refractivity contribution in [3.63, 3.8) is 0 Å². The molecule has 0 spiro atoms. The first-order valence-corrected chi connectivity index (χ1v) is 6.03. The molecule has 2 heteroatoms. The zero-order valence-electron chi connectivity index (χ0n) is 10.5. The molecular weight excluding hydrogens is 198 g/mol. The quantitative estimate of drug-likeness (QED) is 0.772.